The molecule has 55 heavy (non-hydrogen) atoms. The van der Waals surface area contributed by atoms with Crippen LogP contribution in [0.4, 0.5) is 0 Å². The quantitative estimate of drug-likeness (QED) is 0.167. The number of aliphatic hydroxyl groups is 4. The minimum absolute atomic E-state index is 0.0536. The molecular formula is C41H61NO13. The standard InChI is InChI=1S/C41H61NO13/c1-10-20(4)35(46)53-27-14-15-37(8)32-30(51-22(6)43)31(52-23(7)44)33-39(37,55-41(27,32)50)16-25-24-18-42-17-19(3)12-13-26(42)38(9,48)28(24)29(45)34(40(25,33)49)54-36(47)21(5)11-2/h10,19,21,24-34,45,48-50H,11-18H2,1-9H3/b20-10-/t19-,21+,24-,25-,26-,27-,28+,29+,30-,31+,32-,33+,34-,37-,38+,39+,40-,41-/m0/s1. The molecule has 3 aliphatic heterocycles. The largest absolute Gasteiger partial charge is 0.458 e. The van der Waals surface area contributed by atoms with Crippen molar-refractivity contribution >= 4 is 23.9 Å². The fraction of sp³-hybridized carbons (Fsp3) is 0.854. The average molecular weight is 776 g/mol. The number of aliphatic hydroxyl groups excluding tert-OH is 1. The van der Waals surface area contributed by atoms with Gasteiger partial charge in [-0.1, -0.05) is 33.8 Å². The van der Waals surface area contributed by atoms with E-state index in [0.29, 0.717) is 37.4 Å². The predicted molar refractivity (Wildman–Crippen MR) is 193 cm³/mol. The van der Waals surface area contributed by atoms with Gasteiger partial charge in [-0.3, -0.25) is 19.3 Å². The van der Waals surface area contributed by atoms with E-state index in [-0.39, 0.29) is 25.3 Å². The molecule has 0 amide bonds. The van der Waals surface area contributed by atoms with Crippen LogP contribution >= 0.6 is 0 Å². The molecular weight excluding hydrogens is 714 g/mol. The van der Waals surface area contributed by atoms with Crippen molar-refractivity contribution in [1.29, 1.82) is 0 Å². The second-order valence-electron chi connectivity index (χ2n) is 18.6. The summed E-state index contributed by atoms with van der Waals surface area (Å²) in [6.45, 7) is 16.1. The molecule has 0 aromatic heterocycles. The number of ether oxygens (including phenoxy) is 5. The molecule has 14 nitrogen and oxygen atoms in total. The second kappa shape index (κ2) is 13.5. The van der Waals surface area contributed by atoms with Gasteiger partial charge in [-0.2, -0.15) is 0 Å². The van der Waals surface area contributed by atoms with E-state index in [0.717, 1.165) is 6.42 Å². The molecule has 7 fully saturated rings. The van der Waals surface area contributed by atoms with E-state index in [1.807, 2.05) is 13.8 Å². The van der Waals surface area contributed by atoms with Gasteiger partial charge in [-0.25, -0.2) is 4.79 Å². The maximum absolute atomic E-state index is 13.9. The molecule has 4 bridgehead atoms. The number of fused-ring (bicyclic) bond motifs is 5. The highest BCUT2D eigenvalue weighted by molar-refractivity contribution is 5.87. The van der Waals surface area contributed by atoms with Crippen molar-refractivity contribution in [2.45, 2.75) is 160 Å². The van der Waals surface area contributed by atoms with Gasteiger partial charge in [0.15, 0.2) is 12.2 Å². The molecule has 18 atom stereocenters. The van der Waals surface area contributed by atoms with Crippen LogP contribution in [0.5, 0.6) is 0 Å². The lowest BCUT2D eigenvalue weighted by Crippen LogP contribution is -2.78. The van der Waals surface area contributed by atoms with Gasteiger partial charge in [0.2, 0.25) is 5.79 Å². The van der Waals surface area contributed by atoms with Gasteiger partial charge in [-0.05, 0) is 77.0 Å². The molecule has 7 aliphatic rings. The summed E-state index contributed by atoms with van der Waals surface area (Å²) in [7, 11) is 0. The van der Waals surface area contributed by atoms with Gasteiger partial charge < -0.3 is 44.1 Å². The highest BCUT2D eigenvalue weighted by Crippen LogP contribution is 2.78. The Morgan fingerprint density at radius 2 is 1.56 bits per heavy atom. The van der Waals surface area contributed by atoms with Gasteiger partial charge in [-0.15, -0.1) is 0 Å². The molecule has 14 heteroatoms. The summed E-state index contributed by atoms with van der Waals surface area (Å²) in [6, 6.07) is -0.290. The summed E-state index contributed by atoms with van der Waals surface area (Å²) in [6.07, 6.45) is -3.19. The van der Waals surface area contributed by atoms with E-state index >= 15 is 0 Å². The number of carbonyl (C=O) groups is 4. The van der Waals surface area contributed by atoms with E-state index in [1.54, 1.807) is 33.8 Å². The summed E-state index contributed by atoms with van der Waals surface area (Å²) >= 11 is 0. The SMILES string of the molecule is C/C=C(/C)C(=O)O[C@H]1CC[C@@]2(C)[C@@H]3[C@@H](OC(C)=O)[C@@H](OC(C)=O)[C@H]4[C@@]5(O)[C@@H](C[C@@]42O[C@@]13O)[C@@H]1CN2C[C@@H](C)CC[C@H]2[C@@](C)(O)[C@H]1[C@@H](O)[C@@H]5OC(=O)[C@H](C)CC. The van der Waals surface area contributed by atoms with E-state index < -0.39 is 118 Å². The van der Waals surface area contributed by atoms with Crippen LogP contribution in [0.25, 0.3) is 0 Å². The lowest BCUT2D eigenvalue weighted by atomic mass is 9.48. The van der Waals surface area contributed by atoms with Crippen molar-refractivity contribution in [1.82, 2.24) is 4.90 Å². The van der Waals surface area contributed by atoms with Crippen LogP contribution in [0.15, 0.2) is 11.6 Å². The third-order valence-corrected chi connectivity index (χ3v) is 15.6. The number of esters is 4. The summed E-state index contributed by atoms with van der Waals surface area (Å²) in [5, 5.41) is 52.1. The minimum atomic E-state index is -2.28. The van der Waals surface area contributed by atoms with Gasteiger partial charge in [0.25, 0.3) is 0 Å². The van der Waals surface area contributed by atoms with Crippen molar-refractivity contribution in [2.24, 2.45) is 46.8 Å². The molecule has 4 aliphatic carbocycles. The maximum Gasteiger partial charge on any atom is 0.333 e. The first-order valence-electron chi connectivity index (χ1n) is 20.3. The second-order valence-corrected chi connectivity index (χ2v) is 18.6. The number of piperidine rings is 2. The molecule has 0 radical (unpaired) electrons. The number of allylic oxidation sites excluding steroid dienone is 1. The molecule has 7 rings (SSSR count). The van der Waals surface area contributed by atoms with Crippen molar-refractivity contribution in [3.8, 4) is 0 Å². The number of hydrogen-bond donors (Lipinski definition) is 4. The lowest BCUT2D eigenvalue weighted by Gasteiger charge is -2.64. The van der Waals surface area contributed by atoms with Gasteiger partial charge in [0, 0.05) is 49.9 Å². The Bertz CT molecular complexity index is 1630. The van der Waals surface area contributed by atoms with E-state index in [1.165, 1.54) is 13.8 Å². The minimum Gasteiger partial charge on any atom is -0.458 e. The van der Waals surface area contributed by atoms with Gasteiger partial charge >= 0.3 is 23.9 Å². The van der Waals surface area contributed by atoms with Crippen molar-refractivity contribution in [3.63, 3.8) is 0 Å². The smallest absolute Gasteiger partial charge is 0.333 e. The first-order chi connectivity index (χ1) is 25.6. The normalized spacial score (nSPS) is 50.4. The Labute approximate surface area is 323 Å². The Hall–Kier alpha value is -2.62. The molecule has 4 saturated carbocycles. The maximum atomic E-state index is 13.9. The molecule has 0 aromatic rings. The number of carbonyl (C=O) groups excluding carboxylic acids is 4. The molecule has 4 N–H and O–H groups in total. The fourth-order valence-electron chi connectivity index (χ4n) is 13.1. The molecule has 3 saturated heterocycles. The molecule has 0 unspecified atom stereocenters. The van der Waals surface area contributed by atoms with E-state index in [2.05, 4.69) is 11.8 Å². The molecule has 308 valence electrons. The first kappa shape index (κ1) is 40.6. The molecule has 0 aromatic carbocycles. The first-order valence-corrected chi connectivity index (χ1v) is 20.3. The summed E-state index contributed by atoms with van der Waals surface area (Å²) in [5.41, 5.74) is -5.99. The van der Waals surface area contributed by atoms with Crippen LogP contribution in [0.1, 0.15) is 101 Å². The van der Waals surface area contributed by atoms with Crippen molar-refractivity contribution in [3.05, 3.63) is 11.6 Å². The summed E-state index contributed by atoms with van der Waals surface area (Å²) < 4.78 is 31.4. The lowest BCUT2D eigenvalue weighted by molar-refractivity contribution is -0.301. The Morgan fingerprint density at radius 1 is 0.927 bits per heavy atom. The Kier molecular flexibility index (Phi) is 9.94. The zero-order valence-corrected chi connectivity index (χ0v) is 33.7. The predicted octanol–water partition coefficient (Wildman–Crippen LogP) is 2.41. The number of nitrogens with zero attached hydrogens (tertiary/aromatic N) is 1. The Balaban J connectivity index is 1.46. The van der Waals surface area contributed by atoms with Gasteiger partial charge in [0.1, 0.15) is 17.8 Å². The van der Waals surface area contributed by atoms with E-state index in [9.17, 15) is 39.6 Å². The summed E-state index contributed by atoms with van der Waals surface area (Å²) in [5.74, 6) is -10.0. The van der Waals surface area contributed by atoms with Crippen LogP contribution < -0.4 is 0 Å². The number of hydrogen-bond acceptors (Lipinski definition) is 14. The van der Waals surface area contributed by atoms with Crippen LogP contribution in [-0.4, -0.2) is 121 Å². The number of rotatable bonds is 7. The topological polar surface area (TPSA) is 199 Å². The van der Waals surface area contributed by atoms with Crippen LogP contribution in [-0.2, 0) is 42.9 Å². The van der Waals surface area contributed by atoms with Gasteiger partial charge in [0.05, 0.1) is 35.1 Å². The average Bonchev–Trinajstić information content (AvgIpc) is 3.40. The van der Waals surface area contributed by atoms with Crippen LogP contribution in [0, 0.1) is 46.8 Å². The van der Waals surface area contributed by atoms with Crippen molar-refractivity contribution in [2.75, 3.05) is 13.1 Å². The zero-order chi connectivity index (χ0) is 40.4. The molecule has 1 spiro atoms. The summed E-state index contributed by atoms with van der Waals surface area (Å²) in [4.78, 5) is 55.4. The Morgan fingerprint density at radius 3 is 2.16 bits per heavy atom. The van der Waals surface area contributed by atoms with Crippen LogP contribution in [0.3, 0.4) is 0 Å². The van der Waals surface area contributed by atoms with E-state index in [4.69, 9.17) is 23.7 Å². The highest BCUT2D eigenvalue weighted by atomic mass is 16.7. The van der Waals surface area contributed by atoms with Crippen molar-refractivity contribution < 1.29 is 63.3 Å². The third-order valence-electron chi connectivity index (χ3n) is 15.6. The monoisotopic (exact) mass is 775 g/mol. The van der Waals surface area contributed by atoms with Crippen LogP contribution in [0.2, 0.25) is 0 Å². The zero-order valence-electron chi connectivity index (χ0n) is 33.7. The fourth-order valence-corrected chi connectivity index (χ4v) is 13.1. The third kappa shape index (κ3) is 5.54. The highest BCUT2D eigenvalue weighted by Gasteiger charge is 2.90. The molecule has 3 heterocycles.